The average molecular weight is 351 g/mol. The highest BCUT2D eigenvalue weighted by Crippen LogP contribution is 2.48. The maximum atomic E-state index is 5.48. The van der Waals surface area contributed by atoms with E-state index in [2.05, 4.69) is 62.3 Å². The molecule has 0 bridgehead atoms. The highest BCUT2D eigenvalue weighted by Gasteiger charge is 2.44. The van der Waals surface area contributed by atoms with Crippen molar-refractivity contribution in [2.45, 2.75) is 31.3 Å². The maximum Gasteiger partial charge on any atom is 0.240 e. The largest absolute Gasteiger partial charge is 0.338 e. The predicted molar refractivity (Wildman–Crippen MR) is 83.6 cm³/mol. The zero-order valence-electron chi connectivity index (χ0n) is 12.1. The molecule has 1 aliphatic carbocycles. The topological polar surface area (TPSA) is 68.2 Å². The minimum atomic E-state index is 0.288. The Balaban J connectivity index is 1.64. The normalized spacial score (nSPS) is 16.4. The number of nitrogens with two attached hydrogens (primary N) is 1. The molecule has 1 aliphatic rings. The second kappa shape index (κ2) is 5.87. The zero-order valence-corrected chi connectivity index (χ0v) is 13.6. The second-order valence-corrected chi connectivity index (χ2v) is 6.68. The van der Waals surface area contributed by atoms with Crippen molar-refractivity contribution in [1.29, 1.82) is 0 Å². The molecule has 0 unspecified atom stereocenters. The molecule has 1 saturated carbocycles. The summed E-state index contributed by atoms with van der Waals surface area (Å²) >= 11 is 3.49. The van der Waals surface area contributed by atoms with Gasteiger partial charge in [-0.05, 0) is 37.6 Å². The van der Waals surface area contributed by atoms with Crippen LogP contribution in [-0.2, 0) is 18.5 Å². The first-order chi connectivity index (χ1) is 10.1. The fourth-order valence-electron chi connectivity index (χ4n) is 2.74. The number of benzene rings is 1. The Morgan fingerprint density at radius 2 is 2.05 bits per heavy atom. The summed E-state index contributed by atoms with van der Waals surface area (Å²) in [5.41, 5.74) is 7.18. The van der Waals surface area contributed by atoms with Gasteiger partial charge in [-0.15, -0.1) is 0 Å². The van der Waals surface area contributed by atoms with E-state index >= 15 is 0 Å². The number of aromatic nitrogens is 2. The van der Waals surface area contributed by atoms with Crippen LogP contribution >= 0.6 is 15.9 Å². The van der Waals surface area contributed by atoms with Crippen LogP contribution in [0.5, 0.6) is 0 Å². The van der Waals surface area contributed by atoms with Crippen LogP contribution in [0.2, 0.25) is 0 Å². The van der Waals surface area contributed by atoms with E-state index in [0.717, 1.165) is 11.0 Å². The van der Waals surface area contributed by atoms with Crippen molar-refractivity contribution in [3.05, 3.63) is 46.0 Å². The molecular weight excluding hydrogens is 332 g/mol. The van der Waals surface area contributed by atoms with Gasteiger partial charge in [0.25, 0.3) is 0 Å². The van der Waals surface area contributed by atoms with Crippen LogP contribution < -0.4 is 5.73 Å². The smallest absolute Gasteiger partial charge is 0.240 e. The molecule has 0 atom stereocenters. The standard InChI is InChI=1S/C15H19BrN4O/c1-20(9-13-18-14(8-17)21-19-13)10-15(6-7-15)11-2-4-12(16)5-3-11/h2-5H,6-10,17H2,1H3. The van der Waals surface area contributed by atoms with E-state index in [4.69, 9.17) is 10.3 Å². The molecule has 2 aromatic rings. The van der Waals surface area contributed by atoms with Crippen LogP contribution in [0.25, 0.3) is 0 Å². The van der Waals surface area contributed by atoms with Crippen LogP contribution in [-0.4, -0.2) is 28.6 Å². The zero-order chi connectivity index (χ0) is 14.9. The van der Waals surface area contributed by atoms with Crippen molar-refractivity contribution in [2.24, 2.45) is 5.73 Å². The van der Waals surface area contributed by atoms with Gasteiger partial charge in [0.15, 0.2) is 5.82 Å². The highest BCUT2D eigenvalue weighted by molar-refractivity contribution is 9.10. The third-order valence-corrected chi connectivity index (χ3v) is 4.51. The molecule has 1 aromatic carbocycles. The first kappa shape index (κ1) is 14.7. The molecule has 112 valence electrons. The van der Waals surface area contributed by atoms with E-state index in [1.807, 2.05) is 0 Å². The molecule has 0 aliphatic heterocycles. The Hall–Kier alpha value is -1.24. The number of halogens is 1. The van der Waals surface area contributed by atoms with Gasteiger partial charge < -0.3 is 10.3 Å². The van der Waals surface area contributed by atoms with Gasteiger partial charge in [0.2, 0.25) is 5.89 Å². The number of nitrogens with zero attached hydrogens (tertiary/aromatic N) is 3. The van der Waals surface area contributed by atoms with Crippen molar-refractivity contribution < 1.29 is 4.52 Å². The first-order valence-electron chi connectivity index (χ1n) is 7.07. The van der Waals surface area contributed by atoms with Crippen molar-refractivity contribution in [1.82, 2.24) is 15.0 Å². The van der Waals surface area contributed by atoms with Gasteiger partial charge in [-0.25, -0.2) is 0 Å². The molecule has 0 radical (unpaired) electrons. The second-order valence-electron chi connectivity index (χ2n) is 5.77. The molecule has 3 rings (SSSR count). The molecule has 0 saturated heterocycles. The lowest BCUT2D eigenvalue weighted by atomic mass is 9.95. The van der Waals surface area contributed by atoms with E-state index in [1.165, 1.54) is 18.4 Å². The maximum absolute atomic E-state index is 5.48. The van der Waals surface area contributed by atoms with Gasteiger partial charge in [-0.2, -0.15) is 4.98 Å². The Morgan fingerprint density at radius 3 is 2.62 bits per heavy atom. The minimum Gasteiger partial charge on any atom is -0.338 e. The molecule has 1 aromatic heterocycles. The molecule has 0 spiro atoms. The van der Waals surface area contributed by atoms with Gasteiger partial charge in [0, 0.05) is 16.4 Å². The van der Waals surface area contributed by atoms with Crippen molar-refractivity contribution in [3.8, 4) is 0 Å². The van der Waals surface area contributed by atoms with Gasteiger partial charge in [-0.3, -0.25) is 4.90 Å². The van der Waals surface area contributed by atoms with E-state index in [9.17, 15) is 0 Å². The summed E-state index contributed by atoms with van der Waals surface area (Å²) in [6.07, 6.45) is 2.47. The molecular formula is C15H19BrN4O. The summed E-state index contributed by atoms with van der Waals surface area (Å²) in [7, 11) is 2.09. The first-order valence-corrected chi connectivity index (χ1v) is 7.87. The Kier molecular flexibility index (Phi) is 4.10. The lowest BCUT2D eigenvalue weighted by molar-refractivity contribution is 0.280. The molecule has 21 heavy (non-hydrogen) atoms. The summed E-state index contributed by atoms with van der Waals surface area (Å²) in [5, 5.41) is 3.95. The Bertz CT molecular complexity index is 606. The van der Waals surface area contributed by atoms with Crippen molar-refractivity contribution >= 4 is 15.9 Å². The Morgan fingerprint density at radius 1 is 1.33 bits per heavy atom. The lowest BCUT2D eigenvalue weighted by Gasteiger charge is -2.23. The summed E-state index contributed by atoms with van der Waals surface area (Å²) in [6, 6.07) is 8.65. The van der Waals surface area contributed by atoms with Gasteiger partial charge in [0.1, 0.15) is 0 Å². The van der Waals surface area contributed by atoms with Crippen LogP contribution in [0.3, 0.4) is 0 Å². The van der Waals surface area contributed by atoms with Gasteiger partial charge >= 0.3 is 0 Å². The van der Waals surface area contributed by atoms with Crippen LogP contribution in [0.4, 0.5) is 0 Å². The molecule has 0 amide bonds. The molecule has 6 heteroatoms. The third kappa shape index (κ3) is 3.33. The molecule has 1 heterocycles. The summed E-state index contributed by atoms with van der Waals surface area (Å²) in [5.74, 6) is 1.19. The van der Waals surface area contributed by atoms with E-state index < -0.39 is 0 Å². The summed E-state index contributed by atoms with van der Waals surface area (Å²) < 4.78 is 6.16. The van der Waals surface area contributed by atoms with Gasteiger partial charge in [-0.1, -0.05) is 33.2 Å². The van der Waals surface area contributed by atoms with Crippen LogP contribution in [0.1, 0.15) is 30.1 Å². The summed E-state index contributed by atoms with van der Waals surface area (Å²) in [4.78, 5) is 6.50. The lowest BCUT2D eigenvalue weighted by Crippen LogP contribution is -2.29. The average Bonchev–Trinajstić information content (AvgIpc) is 3.10. The van der Waals surface area contributed by atoms with E-state index in [1.54, 1.807) is 0 Å². The fourth-order valence-corrected chi connectivity index (χ4v) is 3.01. The van der Waals surface area contributed by atoms with Crippen LogP contribution in [0.15, 0.2) is 33.3 Å². The molecule has 2 N–H and O–H groups in total. The monoisotopic (exact) mass is 350 g/mol. The number of rotatable bonds is 6. The molecule has 1 fully saturated rings. The SMILES string of the molecule is CN(Cc1noc(CN)n1)CC1(c2ccc(Br)cc2)CC1. The summed E-state index contributed by atoms with van der Waals surface area (Å²) in [6.45, 7) is 1.97. The van der Waals surface area contributed by atoms with E-state index in [0.29, 0.717) is 24.8 Å². The number of likely N-dealkylation sites (N-methyl/N-ethyl adjacent to an activating group) is 1. The van der Waals surface area contributed by atoms with Gasteiger partial charge in [0.05, 0.1) is 13.1 Å². The molecule has 5 nitrogen and oxygen atoms in total. The highest BCUT2D eigenvalue weighted by atomic mass is 79.9. The quantitative estimate of drug-likeness (QED) is 0.866. The van der Waals surface area contributed by atoms with Crippen LogP contribution in [0, 0.1) is 0 Å². The third-order valence-electron chi connectivity index (χ3n) is 3.98. The fraction of sp³-hybridized carbons (Fsp3) is 0.467. The number of hydrogen-bond donors (Lipinski definition) is 1. The predicted octanol–water partition coefficient (Wildman–Crippen LogP) is 2.45. The minimum absolute atomic E-state index is 0.288. The van der Waals surface area contributed by atoms with E-state index in [-0.39, 0.29) is 5.41 Å². The number of hydrogen-bond acceptors (Lipinski definition) is 5. The van der Waals surface area contributed by atoms with Crippen molar-refractivity contribution in [2.75, 3.05) is 13.6 Å². The Labute approximate surface area is 132 Å². The van der Waals surface area contributed by atoms with Crippen molar-refractivity contribution in [3.63, 3.8) is 0 Å².